The van der Waals surface area contributed by atoms with Crippen molar-refractivity contribution < 1.29 is 8.42 Å². The highest BCUT2D eigenvalue weighted by atomic mass is 32.2. The van der Waals surface area contributed by atoms with Gasteiger partial charge in [-0.2, -0.15) is 0 Å². The molecule has 0 bridgehead atoms. The van der Waals surface area contributed by atoms with Gasteiger partial charge in [-0.3, -0.25) is 0 Å². The van der Waals surface area contributed by atoms with E-state index in [1.807, 2.05) is 12.1 Å². The van der Waals surface area contributed by atoms with Crippen LogP contribution in [0.2, 0.25) is 0 Å². The number of benzene rings is 1. The Labute approximate surface area is 121 Å². The molecule has 0 aliphatic carbocycles. The van der Waals surface area contributed by atoms with Crippen molar-refractivity contribution in [2.45, 2.75) is 37.6 Å². The third-order valence-corrected chi connectivity index (χ3v) is 5.91. The van der Waals surface area contributed by atoms with Gasteiger partial charge in [-0.15, -0.1) is 0 Å². The molecule has 112 valence electrons. The highest BCUT2D eigenvalue weighted by Crippen LogP contribution is 2.28. The highest BCUT2D eigenvalue weighted by Gasteiger charge is 2.25. The van der Waals surface area contributed by atoms with E-state index in [1.165, 1.54) is 0 Å². The van der Waals surface area contributed by atoms with Crippen molar-refractivity contribution in [1.29, 1.82) is 0 Å². The molecule has 1 saturated heterocycles. The first-order valence-corrected chi connectivity index (χ1v) is 8.92. The van der Waals surface area contributed by atoms with Crippen LogP contribution in [0.5, 0.6) is 0 Å². The van der Waals surface area contributed by atoms with Gasteiger partial charge in [0.2, 0.25) is 0 Å². The van der Waals surface area contributed by atoms with Crippen molar-refractivity contribution in [3.63, 3.8) is 0 Å². The number of hydrogen-bond acceptors (Lipinski definition) is 4. The lowest BCUT2D eigenvalue weighted by Gasteiger charge is -2.39. The van der Waals surface area contributed by atoms with Gasteiger partial charge in [0.05, 0.1) is 10.6 Å². The van der Waals surface area contributed by atoms with Crippen LogP contribution in [0, 0.1) is 5.92 Å². The lowest BCUT2D eigenvalue weighted by atomic mass is 9.92. The minimum Gasteiger partial charge on any atom is -0.367 e. The molecule has 0 radical (unpaired) electrons. The van der Waals surface area contributed by atoms with E-state index in [1.54, 1.807) is 19.1 Å². The maximum atomic E-state index is 11.8. The monoisotopic (exact) mass is 296 g/mol. The van der Waals surface area contributed by atoms with E-state index in [0.717, 1.165) is 25.1 Å². The Morgan fingerprint density at radius 2 is 1.95 bits per heavy atom. The smallest absolute Gasteiger partial charge is 0.178 e. The van der Waals surface area contributed by atoms with E-state index >= 15 is 0 Å². The van der Waals surface area contributed by atoms with Crippen molar-refractivity contribution in [2.24, 2.45) is 11.7 Å². The Hall–Kier alpha value is -1.07. The summed E-state index contributed by atoms with van der Waals surface area (Å²) in [4.78, 5) is 2.71. The second-order valence-corrected chi connectivity index (χ2v) is 7.89. The highest BCUT2D eigenvalue weighted by molar-refractivity contribution is 7.91. The number of piperidine rings is 1. The number of anilines is 1. The zero-order valence-electron chi connectivity index (χ0n) is 12.2. The number of hydrogen-bond donors (Lipinski definition) is 1. The second kappa shape index (κ2) is 6.14. The molecule has 5 heteroatoms. The first kappa shape index (κ1) is 15.3. The summed E-state index contributed by atoms with van der Waals surface area (Å²) in [5.41, 5.74) is 6.95. The van der Waals surface area contributed by atoms with Crippen LogP contribution >= 0.6 is 0 Å². The summed E-state index contributed by atoms with van der Waals surface area (Å²) in [5.74, 6) is 0.846. The normalized spacial score (nSPS) is 23.9. The van der Waals surface area contributed by atoms with Crippen molar-refractivity contribution in [1.82, 2.24) is 0 Å². The summed E-state index contributed by atoms with van der Waals surface area (Å²) in [6, 6.07) is 7.58. The number of nitrogens with two attached hydrogens (primary N) is 1. The second-order valence-electron chi connectivity index (χ2n) is 5.61. The van der Waals surface area contributed by atoms with Crippen molar-refractivity contribution in [3.8, 4) is 0 Å². The van der Waals surface area contributed by atoms with Gasteiger partial charge >= 0.3 is 0 Å². The van der Waals surface area contributed by atoms with E-state index in [-0.39, 0.29) is 5.75 Å². The lowest BCUT2D eigenvalue weighted by Crippen LogP contribution is -2.46. The van der Waals surface area contributed by atoms with Crippen molar-refractivity contribution >= 4 is 15.5 Å². The number of sulfone groups is 1. The summed E-state index contributed by atoms with van der Waals surface area (Å²) in [7, 11) is -3.12. The van der Waals surface area contributed by atoms with Crippen LogP contribution in [0.25, 0.3) is 0 Å². The van der Waals surface area contributed by atoms with Gasteiger partial charge in [0, 0.05) is 24.8 Å². The van der Waals surface area contributed by atoms with Gasteiger partial charge in [0.1, 0.15) is 0 Å². The topological polar surface area (TPSA) is 63.4 Å². The summed E-state index contributed by atoms with van der Waals surface area (Å²) in [6.07, 6.45) is 2.26. The summed E-state index contributed by atoms with van der Waals surface area (Å²) >= 11 is 0. The summed E-state index contributed by atoms with van der Waals surface area (Å²) in [6.45, 7) is 5.55. The molecule has 0 aromatic heterocycles. The predicted octanol–water partition coefficient (Wildman–Crippen LogP) is 2.04. The molecule has 0 saturated carbocycles. The first-order valence-electron chi connectivity index (χ1n) is 7.27. The molecule has 4 nitrogen and oxygen atoms in total. The fraction of sp³-hybridized carbons (Fsp3) is 0.600. The van der Waals surface area contributed by atoms with Gasteiger partial charge in [0.25, 0.3) is 0 Å². The minimum atomic E-state index is -3.12. The first-order chi connectivity index (χ1) is 9.47. The standard InChI is InChI=1S/C15H24N2O2S/c1-3-20(18,19)15-6-4-13(5-7-15)17-9-8-12(2)10-14(17)11-16/h4-7,12,14H,3,8-11,16H2,1-2H3. The maximum absolute atomic E-state index is 11.8. The lowest BCUT2D eigenvalue weighted by molar-refractivity contribution is 0.367. The van der Waals surface area contributed by atoms with E-state index in [4.69, 9.17) is 5.73 Å². The van der Waals surface area contributed by atoms with E-state index < -0.39 is 9.84 Å². The van der Waals surface area contributed by atoms with Crippen LogP contribution in [-0.4, -0.2) is 33.3 Å². The van der Waals surface area contributed by atoms with Crippen LogP contribution in [0.3, 0.4) is 0 Å². The Kier molecular flexibility index (Phi) is 4.70. The van der Waals surface area contributed by atoms with E-state index in [0.29, 0.717) is 23.4 Å². The van der Waals surface area contributed by atoms with Crippen LogP contribution in [0.1, 0.15) is 26.7 Å². The van der Waals surface area contributed by atoms with E-state index in [2.05, 4.69) is 11.8 Å². The molecule has 1 aliphatic heterocycles. The van der Waals surface area contributed by atoms with Gasteiger partial charge < -0.3 is 10.6 Å². The fourth-order valence-corrected chi connectivity index (χ4v) is 3.71. The van der Waals surface area contributed by atoms with Crippen LogP contribution in [0.15, 0.2) is 29.2 Å². The molecule has 0 amide bonds. The predicted molar refractivity (Wildman–Crippen MR) is 82.8 cm³/mol. The molecule has 1 aromatic carbocycles. The fourth-order valence-electron chi connectivity index (χ4n) is 2.83. The average Bonchev–Trinajstić information content (AvgIpc) is 2.47. The van der Waals surface area contributed by atoms with Gasteiger partial charge in [-0.25, -0.2) is 8.42 Å². The molecule has 0 spiro atoms. The van der Waals surface area contributed by atoms with Crippen molar-refractivity contribution in [3.05, 3.63) is 24.3 Å². The minimum absolute atomic E-state index is 0.138. The molecule has 1 fully saturated rings. The third-order valence-electron chi connectivity index (χ3n) is 4.16. The van der Waals surface area contributed by atoms with Crippen LogP contribution in [0.4, 0.5) is 5.69 Å². The summed E-state index contributed by atoms with van der Waals surface area (Å²) in [5, 5.41) is 0. The summed E-state index contributed by atoms with van der Waals surface area (Å²) < 4.78 is 23.6. The number of nitrogens with zero attached hydrogens (tertiary/aromatic N) is 1. The van der Waals surface area contributed by atoms with Crippen molar-refractivity contribution in [2.75, 3.05) is 23.7 Å². The SMILES string of the molecule is CCS(=O)(=O)c1ccc(N2CCC(C)CC2CN)cc1. The zero-order valence-corrected chi connectivity index (χ0v) is 13.1. The largest absolute Gasteiger partial charge is 0.367 e. The Morgan fingerprint density at radius 1 is 1.30 bits per heavy atom. The van der Waals surface area contributed by atoms with Gasteiger partial charge in [-0.05, 0) is 43.0 Å². The molecule has 1 aromatic rings. The van der Waals surface area contributed by atoms with Gasteiger partial charge in [-0.1, -0.05) is 13.8 Å². The number of rotatable bonds is 4. The Bertz CT molecular complexity index is 539. The molecule has 20 heavy (non-hydrogen) atoms. The van der Waals surface area contributed by atoms with Crippen LogP contribution in [-0.2, 0) is 9.84 Å². The molecule has 2 rings (SSSR count). The molecular formula is C15H24N2O2S. The molecule has 2 atom stereocenters. The molecule has 1 heterocycles. The average molecular weight is 296 g/mol. The zero-order chi connectivity index (χ0) is 14.8. The quantitative estimate of drug-likeness (QED) is 0.923. The molecular weight excluding hydrogens is 272 g/mol. The third kappa shape index (κ3) is 3.15. The van der Waals surface area contributed by atoms with Crippen LogP contribution < -0.4 is 10.6 Å². The van der Waals surface area contributed by atoms with E-state index in [9.17, 15) is 8.42 Å². The Morgan fingerprint density at radius 3 is 2.50 bits per heavy atom. The Balaban J connectivity index is 2.21. The molecule has 1 aliphatic rings. The molecule has 2 N–H and O–H groups in total. The van der Waals surface area contributed by atoms with Gasteiger partial charge in [0.15, 0.2) is 9.84 Å². The maximum Gasteiger partial charge on any atom is 0.178 e. The molecule has 2 unspecified atom stereocenters.